The van der Waals surface area contributed by atoms with Gasteiger partial charge in [0, 0.05) is 6.42 Å². The van der Waals surface area contributed by atoms with E-state index in [1.54, 1.807) is 12.1 Å². The first-order valence-electron chi connectivity index (χ1n) is 3.25. The summed E-state index contributed by atoms with van der Waals surface area (Å²) < 4.78 is 0. The van der Waals surface area contributed by atoms with Gasteiger partial charge in [-0.1, -0.05) is 12.1 Å². The van der Waals surface area contributed by atoms with E-state index in [2.05, 4.69) is 0 Å². The Hall–Kier alpha value is -1.51. The van der Waals surface area contributed by atoms with Gasteiger partial charge in [0.15, 0.2) is 0 Å². The number of rotatable bonds is 2. The van der Waals surface area contributed by atoms with Crippen LogP contribution in [0.25, 0.3) is 0 Å². The van der Waals surface area contributed by atoms with Gasteiger partial charge >= 0.3 is 0 Å². The molecule has 0 aliphatic heterocycles. The Morgan fingerprint density at radius 1 is 1.55 bits per heavy atom. The fourth-order valence-corrected chi connectivity index (χ4v) is 0.867. The van der Waals surface area contributed by atoms with E-state index in [0.29, 0.717) is 11.3 Å². The van der Waals surface area contributed by atoms with Gasteiger partial charge < -0.3 is 15.6 Å². The van der Waals surface area contributed by atoms with Crippen LogP contribution in [-0.4, -0.2) is 11.4 Å². The van der Waals surface area contributed by atoms with Crippen LogP contribution in [-0.2, 0) is 11.2 Å². The predicted octanol–water partition coefficient (Wildman–Crippen LogP) is 0.716. The van der Waals surface area contributed by atoms with Crippen LogP contribution in [0.5, 0.6) is 5.75 Å². The molecule has 0 amide bonds. The van der Waals surface area contributed by atoms with Gasteiger partial charge in [-0.3, -0.25) is 0 Å². The molecule has 0 saturated carbocycles. The maximum atomic E-state index is 10.1. The van der Waals surface area contributed by atoms with Crippen LogP contribution in [0.4, 0.5) is 5.69 Å². The van der Waals surface area contributed by atoms with Crippen molar-refractivity contribution in [3.8, 4) is 5.75 Å². The van der Waals surface area contributed by atoms with E-state index in [9.17, 15) is 4.79 Å². The molecule has 58 valence electrons. The number of carbonyl (C=O) groups excluding carboxylic acids is 1. The van der Waals surface area contributed by atoms with Crippen molar-refractivity contribution in [3.05, 3.63) is 23.8 Å². The number of anilines is 1. The van der Waals surface area contributed by atoms with E-state index in [-0.39, 0.29) is 12.2 Å². The van der Waals surface area contributed by atoms with Gasteiger partial charge in [0.2, 0.25) is 0 Å². The van der Waals surface area contributed by atoms with Crippen LogP contribution in [0.3, 0.4) is 0 Å². The first-order valence-corrected chi connectivity index (χ1v) is 3.25. The molecule has 3 heteroatoms. The molecule has 3 nitrogen and oxygen atoms in total. The van der Waals surface area contributed by atoms with Crippen molar-refractivity contribution in [3.63, 3.8) is 0 Å². The summed E-state index contributed by atoms with van der Waals surface area (Å²) in [6.07, 6.45) is 1.01. The number of hydrogen-bond acceptors (Lipinski definition) is 3. The number of para-hydroxylation sites is 1. The number of aromatic hydroxyl groups is 1. The van der Waals surface area contributed by atoms with Gasteiger partial charge in [-0.2, -0.15) is 0 Å². The van der Waals surface area contributed by atoms with Gasteiger partial charge in [0.05, 0.1) is 5.69 Å². The molecule has 1 rings (SSSR count). The summed E-state index contributed by atoms with van der Waals surface area (Å²) in [5, 5.41) is 9.09. The summed E-state index contributed by atoms with van der Waals surface area (Å²) in [6.45, 7) is 0. The third-order valence-electron chi connectivity index (χ3n) is 1.48. The molecule has 1 aromatic carbocycles. The number of nitrogens with two attached hydrogens (primary N) is 1. The monoisotopic (exact) mass is 151 g/mol. The van der Waals surface area contributed by atoms with E-state index >= 15 is 0 Å². The zero-order valence-corrected chi connectivity index (χ0v) is 5.95. The van der Waals surface area contributed by atoms with Crippen LogP contribution in [0, 0.1) is 0 Å². The number of phenols is 1. The normalized spacial score (nSPS) is 9.45. The molecule has 0 fully saturated rings. The third kappa shape index (κ3) is 1.49. The summed E-state index contributed by atoms with van der Waals surface area (Å²) in [4.78, 5) is 10.1. The molecule has 0 atom stereocenters. The fourth-order valence-electron chi connectivity index (χ4n) is 0.867. The highest BCUT2D eigenvalue weighted by Crippen LogP contribution is 2.22. The third-order valence-corrected chi connectivity index (χ3v) is 1.48. The minimum absolute atomic E-state index is 0.0318. The SMILES string of the molecule is Nc1c(O)cccc1CC=O. The van der Waals surface area contributed by atoms with E-state index in [1.165, 1.54) is 6.07 Å². The van der Waals surface area contributed by atoms with E-state index < -0.39 is 0 Å². The minimum atomic E-state index is 0.0318. The van der Waals surface area contributed by atoms with Gasteiger partial charge in [0.25, 0.3) is 0 Å². The molecule has 11 heavy (non-hydrogen) atoms. The average Bonchev–Trinajstić information content (AvgIpc) is 1.99. The van der Waals surface area contributed by atoms with Gasteiger partial charge in [0.1, 0.15) is 12.0 Å². The van der Waals surface area contributed by atoms with Crippen LogP contribution in [0.15, 0.2) is 18.2 Å². The standard InChI is InChI=1S/C8H9NO2/c9-8-6(4-5-10)2-1-3-7(8)11/h1-3,5,11H,4,9H2. The molecule has 0 aromatic heterocycles. The lowest BCUT2D eigenvalue weighted by molar-refractivity contribution is -0.107. The number of carbonyl (C=O) groups is 1. The summed E-state index contributed by atoms with van der Waals surface area (Å²) in [7, 11) is 0. The number of hydrogen-bond donors (Lipinski definition) is 2. The summed E-state index contributed by atoms with van der Waals surface area (Å²) >= 11 is 0. The molecule has 0 heterocycles. The van der Waals surface area contributed by atoms with Crippen molar-refractivity contribution >= 4 is 12.0 Å². The Bertz CT molecular complexity index is 271. The molecule has 0 spiro atoms. The summed E-state index contributed by atoms with van der Waals surface area (Å²) in [6, 6.07) is 4.86. The Morgan fingerprint density at radius 3 is 2.91 bits per heavy atom. The summed E-state index contributed by atoms with van der Waals surface area (Å²) in [5.74, 6) is 0.0318. The highest BCUT2D eigenvalue weighted by Gasteiger charge is 2.01. The molecular formula is C8H9NO2. The lowest BCUT2D eigenvalue weighted by Crippen LogP contribution is -1.94. The predicted molar refractivity (Wildman–Crippen MR) is 42.3 cm³/mol. The number of aldehydes is 1. The zero-order valence-electron chi connectivity index (χ0n) is 5.95. The van der Waals surface area contributed by atoms with Crippen LogP contribution in [0.2, 0.25) is 0 Å². The Morgan fingerprint density at radius 2 is 2.27 bits per heavy atom. The van der Waals surface area contributed by atoms with Gasteiger partial charge in [-0.05, 0) is 11.6 Å². The molecule has 0 radical (unpaired) electrons. The number of nitrogen functional groups attached to an aromatic ring is 1. The topological polar surface area (TPSA) is 63.3 Å². The van der Waals surface area contributed by atoms with Crippen LogP contribution < -0.4 is 5.73 Å². The van der Waals surface area contributed by atoms with E-state index in [0.717, 1.165) is 6.29 Å². The van der Waals surface area contributed by atoms with Crippen molar-refractivity contribution < 1.29 is 9.90 Å². The Balaban J connectivity index is 3.05. The second-order valence-electron chi connectivity index (χ2n) is 2.22. The maximum Gasteiger partial charge on any atom is 0.138 e. The molecule has 1 aromatic rings. The van der Waals surface area contributed by atoms with Crippen LogP contribution >= 0.6 is 0 Å². The van der Waals surface area contributed by atoms with Gasteiger partial charge in [-0.25, -0.2) is 0 Å². The highest BCUT2D eigenvalue weighted by molar-refractivity contribution is 5.65. The van der Waals surface area contributed by atoms with Crippen molar-refractivity contribution in [1.82, 2.24) is 0 Å². The van der Waals surface area contributed by atoms with E-state index in [1.807, 2.05) is 0 Å². The maximum absolute atomic E-state index is 10.1. The molecule has 0 bridgehead atoms. The lowest BCUT2D eigenvalue weighted by atomic mass is 10.1. The molecular weight excluding hydrogens is 142 g/mol. The van der Waals surface area contributed by atoms with Crippen LogP contribution in [0.1, 0.15) is 5.56 Å². The first kappa shape index (κ1) is 7.60. The number of phenolic OH excluding ortho intramolecular Hbond substituents is 1. The lowest BCUT2D eigenvalue weighted by Gasteiger charge is -2.02. The average molecular weight is 151 g/mol. The molecule has 0 unspecified atom stereocenters. The second kappa shape index (κ2) is 3.05. The Kier molecular flexibility index (Phi) is 2.11. The smallest absolute Gasteiger partial charge is 0.138 e. The second-order valence-corrected chi connectivity index (χ2v) is 2.22. The van der Waals surface area contributed by atoms with Crippen molar-refractivity contribution in [2.75, 3.05) is 5.73 Å². The molecule has 0 aliphatic carbocycles. The molecule has 0 aliphatic rings. The molecule has 3 N–H and O–H groups in total. The molecule has 0 saturated heterocycles. The zero-order chi connectivity index (χ0) is 8.27. The fraction of sp³-hybridized carbons (Fsp3) is 0.125. The quantitative estimate of drug-likeness (QED) is 0.372. The van der Waals surface area contributed by atoms with Crippen molar-refractivity contribution in [1.29, 1.82) is 0 Å². The van der Waals surface area contributed by atoms with Gasteiger partial charge in [-0.15, -0.1) is 0 Å². The Labute approximate surface area is 64.5 Å². The summed E-state index contributed by atoms with van der Waals surface area (Å²) in [5.41, 5.74) is 6.42. The van der Waals surface area contributed by atoms with Crippen molar-refractivity contribution in [2.45, 2.75) is 6.42 Å². The first-order chi connectivity index (χ1) is 5.25. The minimum Gasteiger partial charge on any atom is -0.506 e. The van der Waals surface area contributed by atoms with E-state index in [4.69, 9.17) is 10.8 Å². The highest BCUT2D eigenvalue weighted by atomic mass is 16.3. The number of benzene rings is 1. The largest absolute Gasteiger partial charge is 0.506 e. The van der Waals surface area contributed by atoms with Crippen molar-refractivity contribution in [2.24, 2.45) is 0 Å².